The Hall–Kier alpha value is -3.15. The number of Topliss-reactive ketones (excluding diaryl/α,β-unsaturated/α-hetero) is 1. The van der Waals surface area contributed by atoms with Crippen LogP contribution in [0.25, 0.3) is 5.76 Å². The molecule has 1 unspecified atom stereocenters. The molecule has 0 saturated heterocycles. The van der Waals surface area contributed by atoms with Crippen molar-refractivity contribution in [3.63, 3.8) is 0 Å². The molecule has 3 aromatic rings. The van der Waals surface area contributed by atoms with Crippen molar-refractivity contribution in [1.82, 2.24) is 0 Å². The summed E-state index contributed by atoms with van der Waals surface area (Å²) in [6.45, 7) is 0. The molecule has 0 saturated carbocycles. The lowest BCUT2D eigenvalue weighted by Crippen LogP contribution is -2.42. The van der Waals surface area contributed by atoms with Crippen molar-refractivity contribution in [3.8, 4) is 0 Å². The molecule has 0 amide bonds. The van der Waals surface area contributed by atoms with Crippen LogP contribution in [0.5, 0.6) is 0 Å². The van der Waals surface area contributed by atoms with Crippen LogP contribution in [0.15, 0.2) is 100 Å². The number of carbonyl (C=O) groups excluding carboxylic acids is 1. The van der Waals surface area contributed by atoms with E-state index in [0.717, 1.165) is 15.7 Å². The van der Waals surface area contributed by atoms with Gasteiger partial charge in [-0.05, 0) is 42.7 Å². The van der Waals surface area contributed by atoms with Gasteiger partial charge in [0.1, 0.15) is 11.6 Å². The molecule has 5 rings (SSSR count). The molecule has 3 aromatic carbocycles. The predicted molar refractivity (Wildman–Crippen MR) is 140 cm³/mol. The summed E-state index contributed by atoms with van der Waals surface area (Å²) in [7, 11) is 0. The maximum Gasteiger partial charge on any atom is 0.161 e. The zero-order valence-corrected chi connectivity index (χ0v) is 20.6. The minimum Gasteiger partial charge on any atom is -0.507 e. The molecular formula is C28H22BrClN2O2. The number of ketones is 1. The van der Waals surface area contributed by atoms with Gasteiger partial charge in [-0.1, -0.05) is 82.1 Å². The van der Waals surface area contributed by atoms with E-state index < -0.39 is 5.92 Å². The highest BCUT2D eigenvalue weighted by molar-refractivity contribution is 9.10. The number of aliphatic hydroxyl groups is 1. The second-order valence-electron chi connectivity index (χ2n) is 8.39. The fraction of sp³-hybridized carbons (Fsp3) is 0.143. The van der Waals surface area contributed by atoms with E-state index in [1.54, 1.807) is 23.1 Å². The van der Waals surface area contributed by atoms with Gasteiger partial charge < -0.3 is 5.11 Å². The second-order valence-corrected chi connectivity index (χ2v) is 9.71. The Balaban J connectivity index is 1.84. The molecule has 0 radical (unpaired) electrons. The van der Waals surface area contributed by atoms with E-state index in [4.69, 9.17) is 11.6 Å². The van der Waals surface area contributed by atoms with Crippen molar-refractivity contribution in [2.45, 2.75) is 25.2 Å². The van der Waals surface area contributed by atoms with E-state index in [-0.39, 0.29) is 17.4 Å². The van der Waals surface area contributed by atoms with Crippen LogP contribution < -0.4 is 4.90 Å². The predicted octanol–water partition coefficient (Wildman–Crippen LogP) is 7.66. The summed E-state index contributed by atoms with van der Waals surface area (Å²) in [6.07, 6.45) is 1.80. The van der Waals surface area contributed by atoms with E-state index in [1.165, 1.54) is 0 Å². The molecule has 2 N–H and O–H groups in total. The minimum absolute atomic E-state index is 0.0134. The van der Waals surface area contributed by atoms with Crippen molar-refractivity contribution in [3.05, 3.63) is 116 Å². The molecule has 34 heavy (non-hydrogen) atoms. The molecule has 0 spiro atoms. The van der Waals surface area contributed by atoms with Crippen LogP contribution in [0.2, 0.25) is 5.02 Å². The zero-order chi connectivity index (χ0) is 23.8. The maximum atomic E-state index is 13.5. The van der Waals surface area contributed by atoms with Crippen LogP contribution >= 0.6 is 27.5 Å². The highest BCUT2D eigenvalue weighted by atomic mass is 79.9. The number of hydrogen-bond donors (Lipinski definition) is 2. The lowest BCUT2D eigenvalue weighted by Gasteiger charge is -2.42. The number of aliphatic hydroxyl groups excluding tert-OH is 1. The first-order valence-electron chi connectivity index (χ1n) is 11.1. The standard InChI is InChI=1S/C28H22BrClN2O2/c29-19-15-13-17(14-16-19)24-25-22(11-6-12-23(25)33)32(21-10-5-4-9-20(21)30)28(31)26(24)27(34)18-7-2-1-3-8-18/h1-5,7-10,13-16,24,31,34H,6,11-12H2/b27-26+,31-28?. The minimum atomic E-state index is -0.553. The summed E-state index contributed by atoms with van der Waals surface area (Å²) in [6, 6.07) is 24.2. The van der Waals surface area contributed by atoms with Gasteiger partial charge in [0.15, 0.2) is 5.78 Å². The number of allylic oxidation sites excluding steroid dienone is 2. The number of benzene rings is 3. The monoisotopic (exact) mass is 532 g/mol. The third-order valence-corrected chi connectivity index (χ3v) is 7.20. The molecule has 0 aromatic heterocycles. The molecular weight excluding hydrogens is 512 g/mol. The van der Waals surface area contributed by atoms with Gasteiger partial charge in [0, 0.05) is 39.2 Å². The highest BCUT2D eigenvalue weighted by Gasteiger charge is 2.43. The van der Waals surface area contributed by atoms with Crippen molar-refractivity contribution in [2.24, 2.45) is 0 Å². The normalized spacial score (nSPS) is 19.8. The highest BCUT2D eigenvalue weighted by Crippen LogP contribution is 2.48. The average Bonchev–Trinajstić information content (AvgIpc) is 2.85. The summed E-state index contributed by atoms with van der Waals surface area (Å²) in [4.78, 5) is 15.2. The van der Waals surface area contributed by atoms with Crippen molar-refractivity contribution >= 4 is 50.6 Å². The zero-order valence-electron chi connectivity index (χ0n) is 18.3. The van der Waals surface area contributed by atoms with E-state index in [1.807, 2.05) is 60.7 Å². The number of halogens is 2. The van der Waals surface area contributed by atoms with E-state index in [9.17, 15) is 15.3 Å². The molecule has 1 aliphatic heterocycles. The average molecular weight is 534 g/mol. The number of rotatable bonds is 3. The lowest BCUT2D eigenvalue weighted by molar-refractivity contribution is -0.116. The van der Waals surface area contributed by atoms with Gasteiger partial charge in [-0.2, -0.15) is 0 Å². The molecule has 0 bridgehead atoms. The summed E-state index contributed by atoms with van der Waals surface area (Å²) in [5, 5.41) is 21.4. The largest absolute Gasteiger partial charge is 0.507 e. The summed E-state index contributed by atoms with van der Waals surface area (Å²) in [5.41, 5.74) is 3.88. The summed E-state index contributed by atoms with van der Waals surface area (Å²) < 4.78 is 0.918. The van der Waals surface area contributed by atoms with Crippen LogP contribution in [0.4, 0.5) is 5.69 Å². The van der Waals surface area contributed by atoms with Crippen LogP contribution in [0.3, 0.4) is 0 Å². The molecule has 2 aliphatic rings. The molecule has 6 heteroatoms. The first kappa shape index (κ1) is 22.6. The number of nitrogens with zero attached hydrogens (tertiary/aromatic N) is 1. The van der Waals surface area contributed by atoms with Crippen molar-refractivity contribution in [1.29, 1.82) is 5.41 Å². The van der Waals surface area contributed by atoms with Gasteiger partial charge in [-0.25, -0.2) is 0 Å². The lowest BCUT2D eigenvalue weighted by atomic mass is 9.73. The third-order valence-electron chi connectivity index (χ3n) is 6.35. The Labute approximate surface area is 211 Å². The molecule has 1 atom stereocenters. The van der Waals surface area contributed by atoms with E-state index in [0.29, 0.717) is 46.7 Å². The van der Waals surface area contributed by atoms with Gasteiger partial charge in [-0.15, -0.1) is 0 Å². The fourth-order valence-electron chi connectivity index (χ4n) is 4.83. The van der Waals surface area contributed by atoms with Crippen LogP contribution in [-0.2, 0) is 4.79 Å². The number of nitrogens with one attached hydrogen (secondary N) is 1. The first-order chi connectivity index (χ1) is 16.5. The summed E-state index contributed by atoms with van der Waals surface area (Å²) in [5.74, 6) is -0.407. The Morgan fingerprint density at radius 1 is 0.971 bits per heavy atom. The van der Waals surface area contributed by atoms with Gasteiger partial charge in [0.05, 0.1) is 10.7 Å². The Bertz CT molecular complexity index is 1350. The smallest absolute Gasteiger partial charge is 0.161 e. The SMILES string of the molecule is N=C1/C(=C(/O)c2ccccc2)C(c2ccc(Br)cc2)C2=C(CCCC2=O)N1c1ccccc1Cl. The van der Waals surface area contributed by atoms with Gasteiger partial charge in [0.2, 0.25) is 0 Å². The number of para-hydroxylation sites is 1. The topological polar surface area (TPSA) is 64.4 Å². The molecule has 1 aliphatic carbocycles. The van der Waals surface area contributed by atoms with Gasteiger partial charge >= 0.3 is 0 Å². The van der Waals surface area contributed by atoms with E-state index >= 15 is 0 Å². The van der Waals surface area contributed by atoms with Crippen LogP contribution in [-0.4, -0.2) is 16.7 Å². The number of carbonyl (C=O) groups is 1. The van der Waals surface area contributed by atoms with Gasteiger partial charge in [0.25, 0.3) is 0 Å². The first-order valence-corrected chi connectivity index (χ1v) is 12.3. The quantitative estimate of drug-likeness (QED) is 0.340. The summed E-state index contributed by atoms with van der Waals surface area (Å²) >= 11 is 10.1. The Morgan fingerprint density at radius 2 is 1.65 bits per heavy atom. The van der Waals surface area contributed by atoms with Crippen LogP contribution in [0.1, 0.15) is 36.3 Å². The van der Waals surface area contributed by atoms with Crippen molar-refractivity contribution < 1.29 is 9.90 Å². The third kappa shape index (κ3) is 3.89. The van der Waals surface area contributed by atoms with Crippen LogP contribution in [0, 0.1) is 5.41 Å². The number of anilines is 1. The Morgan fingerprint density at radius 3 is 2.35 bits per heavy atom. The number of amidine groups is 1. The Kier molecular flexibility index (Phi) is 6.15. The van der Waals surface area contributed by atoms with E-state index in [2.05, 4.69) is 15.9 Å². The number of hydrogen-bond acceptors (Lipinski definition) is 3. The molecule has 4 nitrogen and oxygen atoms in total. The molecule has 170 valence electrons. The second kappa shape index (κ2) is 9.24. The fourth-order valence-corrected chi connectivity index (χ4v) is 5.32. The maximum absolute atomic E-state index is 13.5. The molecule has 0 fully saturated rings. The van der Waals surface area contributed by atoms with Gasteiger partial charge in [-0.3, -0.25) is 15.1 Å². The van der Waals surface area contributed by atoms with Crippen molar-refractivity contribution in [2.75, 3.05) is 4.90 Å². The molecule has 1 heterocycles.